The monoisotopic (exact) mass is 129 g/mol. The molecule has 52 valence electrons. The summed E-state index contributed by atoms with van der Waals surface area (Å²) in [5.74, 6) is -0.811. The van der Waals surface area contributed by atoms with Crippen LogP contribution >= 0.6 is 0 Å². The molecule has 0 saturated carbocycles. The molecule has 0 aromatic heterocycles. The summed E-state index contributed by atoms with van der Waals surface area (Å²) in [5.41, 5.74) is 10.8. The van der Waals surface area contributed by atoms with Crippen molar-refractivity contribution in [3.8, 4) is 0 Å². The Morgan fingerprint density at radius 2 is 2.22 bits per heavy atom. The normalized spacial score (nSPS) is 26.2. The molecule has 0 atom stereocenters. The number of carbonyl (C=O) groups excluding carboxylic acids is 1. The minimum absolute atomic E-state index is 0.138. The highest BCUT2D eigenvalue weighted by Gasteiger charge is 2.26. The standard InChI is InChI=1S/C5H11N3O/c6-5(7)3-4(9)1-2-8-5/h8H,1-3,6-7H2. The maximum absolute atomic E-state index is 10.7. The molecule has 1 aliphatic rings. The lowest BCUT2D eigenvalue weighted by Crippen LogP contribution is -2.64. The molecule has 0 unspecified atom stereocenters. The molecule has 1 heterocycles. The molecular formula is C5H11N3O. The zero-order valence-corrected chi connectivity index (χ0v) is 5.18. The van der Waals surface area contributed by atoms with Gasteiger partial charge in [0.25, 0.3) is 0 Å². The second-order valence-corrected chi connectivity index (χ2v) is 2.43. The lowest BCUT2D eigenvalue weighted by atomic mass is 10.1. The summed E-state index contributed by atoms with van der Waals surface area (Å²) in [5, 5.41) is 2.82. The fraction of sp³-hybridized carbons (Fsp3) is 0.800. The van der Waals surface area contributed by atoms with Gasteiger partial charge in [-0.3, -0.25) is 10.1 Å². The number of Topliss-reactive ketones (excluding diaryl/α,β-unsaturated/α-hetero) is 1. The van der Waals surface area contributed by atoms with Crippen LogP contribution in [0.4, 0.5) is 0 Å². The fourth-order valence-corrected chi connectivity index (χ4v) is 0.912. The van der Waals surface area contributed by atoms with E-state index in [1.54, 1.807) is 0 Å². The van der Waals surface area contributed by atoms with Gasteiger partial charge in [0.2, 0.25) is 0 Å². The lowest BCUT2D eigenvalue weighted by molar-refractivity contribution is -0.121. The van der Waals surface area contributed by atoms with Crippen LogP contribution in [0.15, 0.2) is 0 Å². The average Bonchev–Trinajstić information content (AvgIpc) is 1.60. The highest BCUT2D eigenvalue weighted by Crippen LogP contribution is 2.03. The molecule has 5 N–H and O–H groups in total. The quantitative estimate of drug-likeness (QED) is 0.348. The van der Waals surface area contributed by atoms with Crippen molar-refractivity contribution in [2.75, 3.05) is 6.54 Å². The Morgan fingerprint density at radius 3 is 2.56 bits per heavy atom. The SMILES string of the molecule is NC1(N)CC(=O)CCN1. The molecule has 1 saturated heterocycles. The molecule has 0 bridgehead atoms. The van der Waals surface area contributed by atoms with Crippen LogP contribution in [0.2, 0.25) is 0 Å². The molecule has 4 heteroatoms. The largest absolute Gasteiger partial charge is 0.301 e. The molecule has 0 aromatic rings. The minimum atomic E-state index is -0.949. The van der Waals surface area contributed by atoms with Crippen LogP contribution < -0.4 is 16.8 Å². The van der Waals surface area contributed by atoms with Gasteiger partial charge in [-0.15, -0.1) is 0 Å². The molecule has 1 aliphatic heterocycles. The van der Waals surface area contributed by atoms with Crippen molar-refractivity contribution in [3.05, 3.63) is 0 Å². The second kappa shape index (κ2) is 2.06. The van der Waals surface area contributed by atoms with E-state index >= 15 is 0 Å². The number of hydrogen-bond acceptors (Lipinski definition) is 4. The predicted molar refractivity (Wildman–Crippen MR) is 33.3 cm³/mol. The van der Waals surface area contributed by atoms with Gasteiger partial charge in [-0.25, -0.2) is 0 Å². The molecular weight excluding hydrogens is 118 g/mol. The van der Waals surface area contributed by atoms with E-state index in [0.29, 0.717) is 13.0 Å². The molecule has 0 radical (unpaired) electrons. The van der Waals surface area contributed by atoms with E-state index in [1.807, 2.05) is 0 Å². The van der Waals surface area contributed by atoms with E-state index < -0.39 is 5.79 Å². The van der Waals surface area contributed by atoms with Gasteiger partial charge in [0.05, 0.1) is 6.42 Å². The van der Waals surface area contributed by atoms with Crippen molar-refractivity contribution in [3.63, 3.8) is 0 Å². The van der Waals surface area contributed by atoms with Crippen molar-refractivity contribution in [1.29, 1.82) is 0 Å². The van der Waals surface area contributed by atoms with E-state index in [9.17, 15) is 4.79 Å². The fourth-order valence-electron chi connectivity index (χ4n) is 0.912. The number of carbonyl (C=O) groups is 1. The van der Waals surface area contributed by atoms with E-state index in [4.69, 9.17) is 11.5 Å². The van der Waals surface area contributed by atoms with E-state index in [-0.39, 0.29) is 12.2 Å². The summed E-state index contributed by atoms with van der Waals surface area (Å²) < 4.78 is 0. The van der Waals surface area contributed by atoms with Crippen LogP contribution in [-0.4, -0.2) is 18.1 Å². The van der Waals surface area contributed by atoms with E-state index in [0.717, 1.165) is 0 Å². The van der Waals surface area contributed by atoms with Crippen LogP contribution in [0.1, 0.15) is 12.8 Å². The van der Waals surface area contributed by atoms with Gasteiger partial charge >= 0.3 is 0 Å². The number of piperidine rings is 1. The van der Waals surface area contributed by atoms with Crippen molar-refractivity contribution in [2.24, 2.45) is 11.5 Å². The van der Waals surface area contributed by atoms with Gasteiger partial charge in [-0.05, 0) is 0 Å². The van der Waals surface area contributed by atoms with Gasteiger partial charge in [-0.2, -0.15) is 0 Å². The highest BCUT2D eigenvalue weighted by molar-refractivity contribution is 5.80. The molecule has 0 aromatic carbocycles. The number of hydrogen-bond donors (Lipinski definition) is 3. The van der Waals surface area contributed by atoms with Gasteiger partial charge in [0.1, 0.15) is 11.6 Å². The van der Waals surface area contributed by atoms with Crippen LogP contribution in [-0.2, 0) is 4.79 Å². The Kier molecular flexibility index (Phi) is 1.52. The number of rotatable bonds is 0. The topological polar surface area (TPSA) is 81.1 Å². The maximum Gasteiger partial charge on any atom is 0.138 e. The zero-order valence-electron chi connectivity index (χ0n) is 5.18. The van der Waals surface area contributed by atoms with Gasteiger partial charge in [0, 0.05) is 13.0 Å². The maximum atomic E-state index is 10.7. The number of ketones is 1. The van der Waals surface area contributed by atoms with E-state index in [1.165, 1.54) is 0 Å². The Labute approximate surface area is 53.6 Å². The first-order valence-corrected chi connectivity index (χ1v) is 2.95. The highest BCUT2D eigenvalue weighted by atomic mass is 16.1. The van der Waals surface area contributed by atoms with E-state index in [2.05, 4.69) is 5.32 Å². The summed E-state index contributed by atoms with van der Waals surface area (Å²) >= 11 is 0. The minimum Gasteiger partial charge on any atom is -0.301 e. The summed E-state index contributed by atoms with van der Waals surface area (Å²) in [4.78, 5) is 10.7. The first-order chi connectivity index (χ1) is 4.10. The van der Waals surface area contributed by atoms with Crippen molar-refractivity contribution in [2.45, 2.75) is 18.6 Å². The summed E-state index contributed by atoms with van der Waals surface area (Å²) in [6, 6.07) is 0. The first-order valence-electron chi connectivity index (χ1n) is 2.95. The molecule has 0 amide bonds. The van der Waals surface area contributed by atoms with Gasteiger partial charge in [0.15, 0.2) is 0 Å². The van der Waals surface area contributed by atoms with Crippen LogP contribution in [0.5, 0.6) is 0 Å². The van der Waals surface area contributed by atoms with Crippen LogP contribution in [0, 0.1) is 0 Å². The number of nitrogens with one attached hydrogen (secondary N) is 1. The third-order valence-corrected chi connectivity index (χ3v) is 1.35. The van der Waals surface area contributed by atoms with Crippen LogP contribution in [0.25, 0.3) is 0 Å². The molecule has 4 nitrogen and oxygen atoms in total. The van der Waals surface area contributed by atoms with Crippen molar-refractivity contribution < 1.29 is 4.79 Å². The Morgan fingerprint density at radius 1 is 1.56 bits per heavy atom. The smallest absolute Gasteiger partial charge is 0.138 e. The number of nitrogens with two attached hydrogens (primary N) is 2. The van der Waals surface area contributed by atoms with Crippen LogP contribution in [0.3, 0.4) is 0 Å². The third kappa shape index (κ3) is 1.74. The summed E-state index contributed by atoms with van der Waals surface area (Å²) in [6.07, 6.45) is 0.795. The second-order valence-electron chi connectivity index (χ2n) is 2.43. The molecule has 9 heavy (non-hydrogen) atoms. The molecule has 1 fully saturated rings. The summed E-state index contributed by atoms with van der Waals surface area (Å²) in [6.45, 7) is 0.603. The van der Waals surface area contributed by atoms with Gasteiger partial charge < -0.3 is 11.5 Å². The summed E-state index contributed by atoms with van der Waals surface area (Å²) in [7, 11) is 0. The molecule has 0 aliphatic carbocycles. The Hall–Kier alpha value is -0.450. The zero-order chi connectivity index (χ0) is 6.91. The van der Waals surface area contributed by atoms with Crippen molar-refractivity contribution in [1.82, 2.24) is 5.32 Å². The molecule has 0 spiro atoms. The predicted octanol–water partition coefficient (Wildman–Crippen LogP) is -1.49. The van der Waals surface area contributed by atoms with Crippen molar-refractivity contribution >= 4 is 5.78 Å². The lowest BCUT2D eigenvalue weighted by Gasteiger charge is -2.29. The third-order valence-electron chi connectivity index (χ3n) is 1.35. The molecule has 1 rings (SSSR count). The Bertz CT molecular complexity index is 132. The first kappa shape index (κ1) is 6.67. The van der Waals surface area contributed by atoms with Gasteiger partial charge in [-0.1, -0.05) is 0 Å². The Balaban J connectivity index is 2.51. The average molecular weight is 129 g/mol.